The minimum absolute atomic E-state index is 0.506. The molecular weight excluding hydrogens is 391 g/mol. The third-order valence-corrected chi connectivity index (χ3v) is 7.42. The van der Waals surface area contributed by atoms with E-state index in [4.69, 9.17) is 9.05 Å². The van der Waals surface area contributed by atoms with Crippen molar-refractivity contribution in [1.29, 1.82) is 0 Å². The van der Waals surface area contributed by atoms with Crippen LogP contribution in [0.1, 0.15) is 105 Å². The highest BCUT2D eigenvalue weighted by atomic mass is 31.2. The predicted molar refractivity (Wildman–Crippen MR) is 131 cm³/mol. The van der Waals surface area contributed by atoms with Gasteiger partial charge in [0, 0.05) is 0 Å². The van der Waals surface area contributed by atoms with Gasteiger partial charge in [-0.15, -0.1) is 0 Å². The molecule has 0 aliphatic rings. The van der Waals surface area contributed by atoms with Gasteiger partial charge in [-0.3, -0.25) is 4.57 Å². The first-order valence-electron chi connectivity index (χ1n) is 12.4. The number of hydrogen-bond acceptors (Lipinski definition) is 3. The van der Waals surface area contributed by atoms with E-state index in [2.05, 4.69) is 27.7 Å². The SMILES string of the molecule is CC(C)CCCCCCCOP(=O)(OCCCCCCCC(C)C)c1ccccc1. The normalized spacial score (nSPS) is 12.2. The van der Waals surface area contributed by atoms with E-state index in [0.29, 0.717) is 18.5 Å². The molecule has 1 aromatic rings. The van der Waals surface area contributed by atoms with Gasteiger partial charge in [0.2, 0.25) is 0 Å². The Balaban J connectivity index is 2.29. The lowest BCUT2D eigenvalue weighted by Gasteiger charge is -2.19. The first-order valence-corrected chi connectivity index (χ1v) is 13.9. The Kier molecular flexibility index (Phi) is 15.5. The fourth-order valence-electron chi connectivity index (χ4n) is 3.54. The molecule has 0 unspecified atom stereocenters. The summed E-state index contributed by atoms with van der Waals surface area (Å²) in [5, 5.41) is 0.680. The zero-order valence-electron chi connectivity index (χ0n) is 20.1. The molecule has 3 nitrogen and oxygen atoms in total. The molecule has 0 atom stereocenters. The highest BCUT2D eigenvalue weighted by Gasteiger charge is 2.27. The smallest absolute Gasteiger partial charge is 0.305 e. The molecule has 0 N–H and O–H groups in total. The van der Waals surface area contributed by atoms with Gasteiger partial charge in [-0.25, -0.2) is 0 Å². The molecule has 0 aliphatic carbocycles. The fourth-order valence-corrected chi connectivity index (χ4v) is 5.19. The van der Waals surface area contributed by atoms with Crippen LogP contribution < -0.4 is 5.30 Å². The van der Waals surface area contributed by atoms with Crippen LogP contribution in [0.4, 0.5) is 0 Å². The molecule has 0 amide bonds. The van der Waals surface area contributed by atoms with Gasteiger partial charge in [-0.2, -0.15) is 0 Å². The summed E-state index contributed by atoms with van der Waals surface area (Å²) < 4.78 is 25.1. The molecule has 4 heteroatoms. The Labute approximate surface area is 186 Å². The maximum Gasteiger partial charge on any atom is 0.361 e. The summed E-state index contributed by atoms with van der Waals surface area (Å²) in [4.78, 5) is 0. The van der Waals surface area contributed by atoms with Gasteiger partial charge in [0.15, 0.2) is 0 Å². The highest BCUT2D eigenvalue weighted by Crippen LogP contribution is 2.47. The third-order valence-electron chi connectivity index (χ3n) is 5.45. The maximum atomic E-state index is 13.4. The van der Waals surface area contributed by atoms with Crippen molar-refractivity contribution in [3.63, 3.8) is 0 Å². The summed E-state index contributed by atoms with van der Waals surface area (Å²) in [7, 11) is -3.22. The van der Waals surface area contributed by atoms with Crippen molar-refractivity contribution >= 4 is 12.9 Å². The number of benzene rings is 1. The van der Waals surface area contributed by atoms with Crippen LogP contribution in [0.3, 0.4) is 0 Å². The summed E-state index contributed by atoms with van der Waals surface area (Å²) in [6.07, 6.45) is 14.4. The van der Waals surface area contributed by atoms with Gasteiger partial charge < -0.3 is 9.05 Å². The first kappa shape index (κ1) is 27.4. The number of unbranched alkanes of at least 4 members (excludes halogenated alkanes) is 8. The molecule has 0 saturated carbocycles. The minimum Gasteiger partial charge on any atom is -0.305 e. The molecule has 1 aromatic carbocycles. The van der Waals surface area contributed by atoms with Crippen molar-refractivity contribution in [2.24, 2.45) is 11.8 Å². The second-order valence-corrected chi connectivity index (χ2v) is 11.4. The minimum atomic E-state index is -3.22. The van der Waals surface area contributed by atoms with Gasteiger partial charge in [0.05, 0.1) is 18.5 Å². The van der Waals surface area contributed by atoms with Crippen molar-refractivity contribution in [1.82, 2.24) is 0 Å². The maximum absolute atomic E-state index is 13.4. The Morgan fingerprint density at radius 2 is 1.03 bits per heavy atom. The lowest BCUT2D eigenvalue weighted by Crippen LogP contribution is -2.11. The molecular formula is C26H47O3P. The van der Waals surface area contributed by atoms with Gasteiger partial charge >= 0.3 is 7.60 Å². The molecule has 0 aliphatic heterocycles. The van der Waals surface area contributed by atoms with Gasteiger partial charge in [-0.1, -0.05) is 110 Å². The average molecular weight is 439 g/mol. The van der Waals surface area contributed by atoms with E-state index in [1.54, 1.807) is 0 Å². The fraction of sp³-hybridized carbons (Fsp3) is 0.769. The standard InChI is InChI=1S/C26H47O3P/c1-24(2)18-12-7-5-9-16-22-28-30(27,26-20-14-11-15-21-26)29-23-17-10-6-8-13-19-25(3)4/h11,14-15,20-21,24-25H,5-10,12-13,16-19,22-23H2,1-4H3. The average Bonchev–Trinajstić information content (AvgIpc) is 2.72. The van der Waals surface area contributed by atoms with Crippen molar-refractivity contribution in [2.75, 3.05) is 13.2 Å². The van der Waals surface area contributed by atoms with E-state index in [-0.39, 0.29) is 0 Å². The highest BCUT2D eigenvalue weighted by molar-refractivity contribution is 7.62. The molecule has 0 spiro atoms. The molecule has 0 saturated heterocycles. The van der Waals surface area contributed by atoms with Crippen molar-refractivity contribution < 1.29 is 13.6 Å². The van der Waals surface area contributed by atoms with Crippen LogP contribution in [0.15, 0.2) is 30.3 Å². The van der Waals surface area contributed by atoms with Crippen LogP contribution in [0.2, 0.25) is 0 Å². The molecule has 0 fully saturated rings. The Bertz CT molecular complexity index is 529. The second kappa shape index (κ2) is 17.0. The molecule has 0 aromatic heterocycles. The lowest BCUT2D eigenvalue weighted by molar-refractivity contribution is 0.206. The van der Waals surface area contributed by atoms with E-state index in [1.165, 1.54) is 51.4 Å². The molecule has 174 valence electrons. The monoisotopic (exact) mass is 438 g/mol. The second-order valence-electron chi connectivity index (χ2n) is 9.40. The molecule has 1 rings (SSSR count). The van der Waals surface area contributed by atoms with E-state index >= 15 is 0 Å². The van der Waals surface area contributed by atoms with Gasteiger partial charge in [0.25, 0.3) is 0 Å². The van der Waals surface area contributed by atoms with Gasteiger partial charge in [0.1, 0.15) is 0 Å². The molecule has 30 heavy (non-hydrogen) atoms. The molecule has 0 heterocycles. The largest absolute Gasteiger partial charge is 0.361 e. The first-order chi connectivity index (χ1) is 14.4. The molecule has 0 bridgehead atoms. The zero-order chi connectivity index (χ0) is 22.1. The van der Waals surface area contributed by atoms with Crippen molar-refractivity contribution in [3.05, 3.63) is 30.3 Å². The van der Waals surface area contributed by atoms with Crippen molar-refractivity contribution in [3.8, 4) is 0 Å². The summed E-state index contributed by atoms with van der Waals surface area (Å²) in [5.41, 5.74) is 0. The Hall–Kier alpha value is -0.630. The Morgan fingerprint density at radius 3 is 1.47 bits per heavy atom. The van der Waals surface area contributed by atoms with Crippen LogP contribution >= 0.6 is 7.60 Å². The van der Waals surface area contributed by atoms with Crippen LogP contribution in [0.25, 0.3) is 0 Å². The molecule has 0 radical (unpaired) electrons. The lowest BCUT2D eigenvalue weighted by atomic mass is 10.0. The Morgan fingerprint density at radius 1 is 0.633 bits per heavy atom. The van der Waals surface area contributed by atoms with E-state index in [0.717, 1.165) is 37.5 Å². The third kappa shape index (κ3) is 13.6. The summed E-state index contributed by atoms with van der Waals surface area (Å²) in [6.45, 7) is 10.1. The van der Waals surface area contributed by atoms with E-state index in [1.807, 2.05) is 30.3 Å². The van der Waals surface area contributed by atoms with Gasteiger partial charge in [-0.05, 0) is 36.8 Å². The van der Waals surface area contributed by atoms with E-state index in [9.17, 15) is 4.57 Å². The van der Waals surface area contributed by atoms with E-state index < -0.39 is 7.60 Å². The van der Waals surface area contributed by atoms with Crippen LogP contribution in [0.5, 0.6) is 0 Å². The summed E-state index contributed by atoms with van der Waals surface area (Å²) in [6, 6.07) is 9.45. The van der Waals surface area contributed by atoms with Crippen LogP contribution in [-0.4, -0.2) is 13.2 Å². The zero-order valence-corrected chi connectivity index (χ0v) is 21.0. The quantitative estimate of drug-likeness (QED) is 0.160. The topological polar surface area (TPSA) is 35.5 Å². The predicted octanol–water partition coefficient (Wildman–Crippen LogP) is 8.53. The van der Waals surface area contributed by atoms with Crippen molar-refractivity contribution in [2.45, 2.75) is 105 Å². The summed E-state index contributed by atoms with van der Waals surface area (Å²) >= 11 is 0. The van der Waals surface area contributed by atoms with Crippen LogP contribution in [0, 0.1) is 11.8 Å². The number of rotatable bonds is 19. The van der Waals surface area contributed by atoms with Crippen LogP contribution in [-0.2, 0) is 13.6 Å². The number of hydrogen-bond donors (Lipinski definition) is 0. The summed E-state index contributed by atoms with van der Waals surface area (Å²) in [5.74, 6) is 1.59.